The van der Waals surface area contributed by atoms with Gasteiger partial charge < -0.3 is 5.32 Å². The SMILES string of the molecule is CC(=O)Nc1ccc(C(=O)CSc2nc(C3CC3)nc3sc4c(c23)CCC(C)C4)cc1. The van der Waals surface area contributed by atoms with Crippen LogP contribution in [0.15, 0.2) is 29.3 Å². The topological polar surface area (TPSA) is 72.0 Å². The first kappa shape index (κ1) is 20.6. The van der Waals surface area contributed by atoms with Crippen LogP contribution in [0.3, 0.4) is 0 Å². The number of thiophene rings is 1. The number of aryl methyl sites for hydroxylation is 1. The summed E-state index contributed by atoms with van der Waals surface area (Å²) >= 11 is 3.37. The second kappa shape index (κ2) is 8.36. The van der Waals surface area contributed by atoms with Gasteiger partial charge in [0.25, 0.3) is 0 Å². The van der Waals surface area contributed by atoms with Crippen molar-refractivity contribution in [1.82, 2.24) is 9.97 Å². The number of Topliss-reactive ketones (excluding diaryl/α,β-unsaturated/α-hetero) is 1. The van der Waals surface area contributed by atoms with Gasteiger partial charge in [0.1, 0.15) is 15.7 Å². The minimum Gasteiger partial charge on any atom is -0.326 e. The quantitative estimate of drug-likeness (QED) is 0.299. The van der Waals surface area contributed by atoms with Gasteiger partial charge in [0.2, 0.25) is 5.91 Å². The number of carbonyl (C=O) groups excluding carboxylic acids is 2. The van der Waals surface area contributed by atoms with E-state index in [1.165, 1.54) is 29.2 Å². The molecule has 1 saturated carbocycles. The van der Waals surface area contributed by atoms with Crippen LogP contribution >= 0.6 is 23.1 Å². The van der Waals surface area contributed by atoms with Crippen molar-refractivity contribution in [2.24, 2.45) is 5.92 Å². The summed E-state index contributed by atoms with van der Waals surface area (Å²) in [5, 5.41) is 4.89. The average Bonchev–Trinajstić information content (AvgIpc) is 3.52. The molecule has 1 aromatic carbocycles. The van der Waals surface area contributed by atoms with Gasteiger partial charge in [0.05, 0.1) is 5.75 Å². The third-order valence-corrected chi connectivity index (χ3v) is 8.07. The Morgan fingerprint density at radius 1 is 1.16 bits per heavy atom. The van der Waals surface area contributed by atoms with Crippen molar-refractivity contribution in [3.63, 3.8) is 0 Å². The molecular weight excluding hydrogens is 426 g/mol. The molecule has 1 atom stereocenters. The minimum absolute atomic E-state index is 0.0665. The number of nitrogens with one attached hydrogen (secondary N) is 1. The van der Waals surface area contributed by atoms with E-state index in [1.807, 2.05) is 11.3 Å². The predicted octanol–water partition coefficient (Wildman–Crippen LogP) is 5.63. The number of nitrogens with zero attached hydrogens (tertiary/aromatic N) is 2. The summed E-state index contributed by atoms with van der Waals surface area (Å²) in [6.45, 7) is 3.79. The molecule has 0 aliphatic heterocycles. The Morgan fingerprint density at radius 3 is 2.65 bits per heavy atom. The highest BCUT2D eigenvalue weighted by atomic mass is 32.2. The maximum absolute atomic E-state index is 12.8. The molecule has 2 aliphatic rings. The predicted molar refractivity (Wildman–Crippen MR) is 126 cm³/mol. The van der Waals surface area contributed by atoms with E-state index in [9.17, 15) is 9.59 Å². The highest BCUT2D eigenvalue weighted by molar-refractivity contribution is 8.00. The number of aromatic nitrogens is 2. The lowest BCUT2D eigenvalue weighted by molar-refractivity contribution is -0.114. The van der Waals surface area contributed by atoms with Crippen LogP contribution in [0, 0.1) is 5.92 Å². The van der Waals surface area contributed by atoms with E-state index in [0.717, 1.165) is 47.3 Å². The average molecular weight is 452 g/mol. The Balaban J connectivity index is 1.40. The summed E-state index contributed by atoms with van der Waals surface area (Å²) in [6, 6.07) is 7.08. The van der Waals surface area contributed by atoms with Crippen LogP contribution in [0.4, 0.5) is 5.69 Å². The third kappa shape index (κ3) is 4.39. The number of hydrogen-bond acceptors (Lipinski definition) is 6. The number of rotatable bonds is 6. The zero-order valence-corrected chi connectivity index (χ0v) is 19.4. The van der Waals surface area contributed by atoms with Gasteiger partial charge in [-0.15, -0.1) is 11.3 Å². The van der Waals surface area contributed by atoms with Gasteiger partial charge in [0.15, 0.2) is 5.78 Å². The van der Waals surface area contributed by atoms with Gasteiger partial charge in [-0.3, -0.25) is 9.59 Å². The second-order valence-corrected chi connectivity index (χ2v) is 10.7. The van der Waals surface area contributed by atoms with Crippen molar-refractivity contribution in [2.75, 3.05) is 11.1 Å². The number of amides is 1. The summed E-state index contributed by atoms with van der Waals surface area (Å²) in [5.41, 5.74) is 2.76. The Hall–Kier alpha value is -2.25. The zero-order chi connectivity index (χ0) is 21.5. The summed E-state index contributed by atoms with van der Waals surface area (Å²) in [6.07, 6.45) is 5.73. The molecule has 0 spiro atoms. The van der Waals surface area contributed by atoms with Crippen molar-refractivity contribution in [1.29, 1.82) is 0 Å². The van der Waals surface area contributed by atoms with E-state index in [0.29, 0.717) is 22.9 Å². The van der Waals surface area contributed by atoms with E-state index in [4.69, 9.17) is 9.97 Å². The monoisotopic (exact) mass is 451 g/mol. The molecule has 2 aromatic heterocycles. The molecule has 1 N–H and O–H groups in total. The van der Waals surface area contributed by atoms with Crippen molar-refractivity contribution < 1.29 is 9.59 Å². The number of ketones is 1. The Labute approximate surface area is 190 Å². The lowest BCUT2D eigenvalue weighted by Gasteiger charge is -2.18. The zero-order valence-electron chi connectivity index (χ0n) is 17.7. The van der Waals surface area contributed by atoms with Gasteiger partial charge >= 0.3 is 0 Å². The van der Waals surface area contributed by atoms with Crippen molar-refractivity contribution in [3.8, 4) is 0 Å². The van der Waals surface area contributed by atoms with E-state index >= 15 is 0 Å². The van der Waals surface area contributed by atoms with E-state index in [1.54, 1.807) is 36.0 Å². The normalized spacial score (nSPS) is 18.1. The molecule has 1 amide bonds. The van der Waals surface area contributed by atoms with Crippen molar-refractivity contribution in [3.05, 3.63) is 46.1 Å². The molecule has 0 saturated heterocycles. The van der Waals surface area contributed by atoms with Crippen LogP contribution in [0.2, 0.25) is 0 Å². The van der Waals surface area contributed by atoms with Crippen LogP contribution in [0.25, 0.3) is 10.2 Å². The minimum atomic E-state index is -0.123. The van der Waals surface area contributed by atoms with Crippen LogP contribution in [-0.2, 0) is 17.6 Å². The smallest absolute Gasteiger partial charge is 0.221 e. The molecule has 3 aromatic rings. The molecule has 2 aliphatic carbocycles. The molecule has 0 bridgehead atoms. The molecule has 160 valence electrons. The lowest BCUT2D eigenvalue weighted by Crippen LogP contribution is -2.09. The number of benzene rings is 1. The van der Waals surface area contributed by atoms with Gasteiger partial charge in [0, 0.05) is 34.4 Å². The van der Waals surface area contributed by atoms with E-state index in [2.05, 4.69) is 12.2 Å². The van der Waals surface area contributed by atoms with Gasteiger partial charge in [-0.05, 0) is 67.9 Å². The summed E-state index contributed by atoms with van der Waals surface area (Å²) in [7, 11) is 0. The lowest BCUT2D eigenvalue weighted by atomic mass is 9.89. The number of anilines is 1. The number of thioether (sulfide) groups is 1. The molecule has 5 nitrogen and oxygen atoms in total. The maximum Gasteiger partial charge on any atom is 0.221 e. The summed E-state index contributed by atoms with van der Waals surface area (Å²) in [4.78, 5) is 36.4. The number of hydrogen-bond donors (Lipinski definition) is 1. The molecular formula is C24H25N3O2S2. The first-order valence-corrected chi connectivity index (χ1v) is 12.6. The van der Waals surface area contributed by atoms with Crippen molar-refractivity contribution in [2.45, 2.75) is 56.9 Å². The first-order chi connectivity index (χ1) is 15.0. The van der Waals surface area contributed by atoms with Gasteiger partial charge in [-0.25, -0.2) is 9.97 Å². The van der Waals surface area contributed by atoms with Crippen LogP contribution in [0.5, 0.6) is 0 Å². The Bertz CT molecular complexity index is 1170. The number of fused-ring (bicyclic) bond motifs is 3. The van der Waals surface area contributed by atoms with Crippen LogP contribution in [0.1, 0.15) is 65.7 Å². The number of carbonyl (C=O) groups is 2. The van der Waals surface area contributed by atoms with Crippen LogP contribution < -0.4 is 5.32 Å². The van der Waals surface area contributed by atoms with Gasteiger partial charge in [-0.1, -0.05) is 18.7 Å². The molecule has 1 fully saturated rings. The standard InChI is InChI=1S/C24H25N3O2S2/c1-13-3-10-18-20(11-13)31-24-21(18)23(26-22(27-24)16-4-5-16)30-12-19(29)15-6-8-17(9-7-15)25-14(2)28/h6-9,13,16H,3-5,10-12H2,1-2H3,(H,25,28). The Morgan fingerprint density at radius 2 is 1.94 bits per heavy atom. The fraction of sp³-hybridized carbons (Fsp3) is 0.417. The highest BCUT2D eigenvalue weighted by Gasteiger charge is 2.30. The molecule has 7 heteroatoms. The third-order valence-electron chi connectivity index (χ3n) is 5.95. The van der Waals surface area contributed by atoms with Crippen molar-refractivity contribution >= 4 is 50.7 Å². The summed E-state index contributed by atoms with van der Waals surface area (Å²) in [5.74, 6) is 2.44. The molecule has 0 radical (unpaired) electrons. The van der Waals surface area contributed by atoms with E-state index in [-0.39, 0.29) is 11.7 Å². The Kier molecular flexibility index (Phi) is 5.56. The first-order valence-electron chi connectivity index (χ1n) is 10.8. The van der Waals surface area contributed by atoms with Gasteiger partial charge in [-0.2, -0.15) is 0 Å². The molecule has 31 heavy (non-hydrogen) atoms. The fourth-order valence-corrected chi connectivity index (χ4v) is 6.52. The van der Waals surface area contributed by atoms with Crippen LogP contribution in [-0.4, -0.2) is 27.4 Å². The summed E-state index contributed by atoms with van der Waals surface area (Å²) < 4.78 is 0. The molecule has 2 heterocycles. The second-order valence-electron chi connectivity index (χ2n) is 8.66. The molecule has 5 rings (SSSR count). The maximum atomic E-state index is 12.8. The van der Waals surface area contributed by atoms with E-state index < -0.39 is 0 Å². The fourth-order valence-electron chi connectivity index (χ4n) is 4.11. The largest absolute Gasteiger partial charge is 0.326 e. The molecule has 1 unspecified atom stereocenters. The highest BCUT2D eigenvalue weighted by Crippen LogP contribution is 2.44.